The molecule has 0 spiro atoms. The molecule has 1 N–H and O–H groups in total. The normalized spacial score (nSPS) is 22.7. The summed E-state index contributed by atoms with van der Waals surface area (Å²) in [5.41, 5.74) is 0.986. The maximum Gasteiger partial charge on any atom is 0.231 e. The van der Waals surface area contributed by atoms with Gasteiger partial charge in [-0.05, 0) is 40.2 Å². The Morgan fingerprint density at radius 3 is 2.89 bits per heavy atom. The fraction of sp³-hybridized carbons (Fsp3) is 0.692. The third-order valence-corrected chi connectivity index (χ3v) is 4.37. The first-order chi connectivity index (χ1) is 8.61. The van der Waals surface area contributed by atoms with Crippen LogP contribution in [0.15, 0.2) is 5.38 Å². The quantitative estimate of drug-likeness (QED) is 0.933. The van der Waals surface area contributed by atoms with Gasteiger partial charge in [0, 0.05) is 23.9 Å². The first-order valence-corrected chi connectivity index (χ1v) is 7.46. The van der Waals surface area contributed by atoms with E-state index in [2.05, 4.69) is 17.2 Å². The average Bonchev–Trinajstić information content (AvgIpc) is 2.76. The van der Waals surface area contributed by atoms with Gasteiger partial charge in [-0.3, -0.25) is 9.69 Å². The lowest BCUT2D eigenvalue weighted by molar-refractivity contribution is -0.123. The van der Waals surface area contributed by atoms with Gasteiger partial charge in [0.1, 0.15) is 0 Å². The highest BCUT2D eigenvalue weighted by molar-refractivity contribution is 7.14. The molecule has 108 valence electrons. The lowest BCUT2D eigenvalue weighted by Crippen LogP contribution is -2.44. The van der Waals surface area contributed by atoms with Gasteiger partial charge in [-0.15, -0.1) is 23.7 Å². The maximum atomic E-state index is 12.5. The molecule has 4 nitrogen and oxygen atoms in total. The molecule has 0 bridgehead atoms. The van der Waals surface area contributed by atoms with Crippen LogP contribution in [-0.4, -0.2) is 30.0 Å². The number of amides is 1. The molecule has 0 aliphatic carbocycles. The van der Waals surface area contributed by atoms with Crippen molar-refractivity contribution in [2.45, 2.75) is 39.7 Å². The topological polar surface area (TPSA) is 45.2 Å². The number of hydrogen-bond donors (Lipinski definition) is 1. The van der Waals surface area contributed by atoms with Gasteiger partial charge in [0.05, 0.1) is 5.69 Å². The van der Waals surface area contributed by atoms with E-state index in [1.807, 2.05) is 24.1 Å². The van der Waals surface area contributed by atoms with Gasteiger partial charge in [0.15, 0.2) is 5.13 Å². The predicted octanol–water partition coefficient (Wildman–Crippen LogP) is 2.61. The number of nitrogens with one attached hydrogen (secondary N) is 1. The Bertz CT molecular complexity index is 424. The molecule has 6 heteroatoms. The summed E-state index contributed by atoms with van der Waals surface area (Å²) in [7, 11) is 0. The first kappa shape index (κ1) is 16.4. The number of carbonyl (C=O) groups excluding carboxylic acids is 1. The second-order valence-electron chi connectivity index (χ2n) is 4.93. The van der Waals surface area contributed by atoms with E-state index in [4.69, 9.17) is 0 Å². The van der Waals surface area contributed by atoms with Crippen molar-refractivity contribution in [1.29, 1.82) is 0 Å². The molecule has 1 saturated heterocycles. The molecule has 1 aromatic heterocycles. The van der Waals surface area contributed by atoms with Gasteiger partial charge in [-0.25, -0.2) is 4.98 Å². The van der Waals surface area contributed by atoms with Gasteiger partial charge in [0.25, 0.3) is 0 Å². The minimum atomic E-state index is 0. The van der Waals surface area contributed by atoms with E-state index in [0.717, 1.165) is 30.2 Å². The van der Waals surface area contributed by atoms with Crippen molar-refractivity contribution in [3.8, 4) is 0 Å². The third kappa shape index (κ3) is 3.91. The van der Waals surface area contributed by atoms with E-state index in [1.54, 1.807) is 11.3 Å². The number of carbonyl (C=O) groups is 1. The molecule has 0 unspecified atom stereocenters. The zero-order valence-electron chi connectivity index (χ0n) is 11.7. The molecule has 1 aliphatic heterocycles. The summed E-state index contributed by atoms with van der Waals surface area (Å²) < 4.78 is 0. The first-order valence-electron chi connectivity index (χ1n) is 6.58. The van der Waals surface area contributed by atoms with Gasteiger partial charge in [-0.1, -0.05) is 0 Å². The highest BCUT2D eigenvalue weighted by atomic mass is 35.5. The number of aryl methyl sites for hydroxylation is 1. The third-order valence-electron chi connectivity index (χ3n) is 3.39. The Labute approximate surface area is 125 Å². The summed E-state index contributed by atoms with van der Waals surface area (Å²) >= 11 is 1.55. The molecular weight excluding hydrogens is 282 g/mol. The smallest absolute Gasteiger partial charge is 0.231 e. The fourth-order valence-electron chi connectivity index (χ4n) is 2.43. The van der Waals surface area contributed by atoms with Crippen molar-refractivity contribution in [1.82, 2.24) is 10.3 Å². The SMILES string of the molecule is CCN(C(=O)[C@H]1CCN[C@@H](C)C1)c1nc(C)cs1.Cl. The van der Waals surface area contributed by atoms with E-state index in [-0.39, 0.29) is 24.2 Å². The molecule has 1 fully saturated rings. The standard InChI is InChI=1S/C13H21N3OS.ClH/c1-4-16(13-15-10(3)8-18-13)12(17)11-5-6-14-9(2)7-11;/h8-9,11,14H,4-7H2,1-3H3;1H/t9-,11-;/m0./s1. The van der Waals surface area contributed by atoms with Gasteiger partial charge < -0.3 is 5.32 Å². The second-order valence-corrected chi connectivity index (χ2v) is 5.77. The summed E-state index contributed by atoms with van der Waals surface area (Å²) in [6, 6.07) is 0.435. The Kier molecular flexibility index (Phi) is 6.23. The molecule has 2 rings (SSSR count). The molecule has 2 heterocycles. The monoisotopic (exact) mass is 303 g/mol. The summed E-state index contributed by atoms with van der Waals surface area (Å²) in [5, 5.41) is 6.22. The van der Waals surface area contributed by atoms with Crippen LogP contribution in [0.25, 0.3) is 0 Å². The Morgan fingerprint density at radius 1 is 1.63 bits per heavy atom. The molecule has 0 aromatic carbocycles. The molecule has 0 saturated carbocycles. The van der Waals surface area contributed by atoms with Crippen molar-refractivity contribution in [2.24, 2.45) is 5.92 Å². The molecule has 2 atom stereocenters. The molecule has 1 amide bonds. The average molecular weight is 304 g/mol. The zero-order valence-corrected chi connectivity index (χ0v) is 13.3. The summed E-state index contributed by atoms with van der Waals surface area (Å²) in [6.45, 7) is 7.75. The minimum Gasteiger partial charge on any atom is -0.314 e. The van der Waals surface area contributed by atoms with Crippen molar-refractivity contribution < 1.29 is 4.79 Å². The number of halogens is 1. The summed E-state index contributed by atoms with van der Waals surface area (Å²) in [6.07, 6.45) is 1.86. The number of thiazole rings is 1. The van der Waals surface area contributed by atoms with E-state index < -0.39 is 0 Å². The predicted molar refractivity (Wildman–Crippen MR) is 82.3 cm³/mol. The highest BCUT2D eigenvalue weighted by Crippen LogP contribution is 2.25. The van der Waals surface area contributed by atoms with Gasteiger partial charge in [0.2, 0.25) is 5.91 Å². The summed E-state index contributed by atoms with van der Waals surface area (Å²) in [5.74, 6) is 0.380. The van der Waals surface area contributed by atoms with Gasteiger partial charge >= 0.3 is 0 Å². The van der Waals surface area contributed by atoms with Crippen LogP contribution in [0.1, 0.15) is 32.4 Å². The lowest BCUT2D eigenvalue weighted by atomic mass is 9.92. The number of nitrogens with zero attached hydrogens (tertiary/aromatic N) is 2. The largest absolute Gasteiger partial charge is 0.314 e. The number of aromatic nitrogens is 1. The van der Waals surface area contributed by atoms with Crippen molar-refractivity contribution >= 4 is 34.8 Å². The van der Waals surface area contributed by atoms with Gasteiger partial charge in [-0.2, -0.15) is 0 Å². The van der Waals surface area contributed by atoms with Crippen LogP contribution in [0, 0.1) is 12.8 Å². The van der Waals surface area contributed by atoms with Crippen molar-refractivity contribution in [3.63, 3.8) is 0 Å². The molecular formula is C13H22ClN3OS. The Morgan fingerprint density at radius 2 is 2.37 bits per heavy atom. The van der Waals surface area contributed by atoms with Crippen LogP contribution in [0.5, 0.6) is 0 Å². The molecule has 19 heavy (non-hydrogen) atoms. The van der Waals surface area contributed by atoms with Crippen LogP contribution < -0.4 is 10.2 Å². The van der Waals surface area contributed by atoms with Crippen LogP contribution in [0.2, 0.25) is 0 Å². The maximum absolute atomic E-state index is 12.5. The fourth-order valence-corrected chi connectivity index (χ4v) is 3.30. The minimum absolute atomic E-state index is 0. The van der Waals surface area contributed by atoms with Crippen molar-refractivity contribution in [2.75, 3.05) is 18.0 Å². The van der Waals surface area contributed by atoms with E-state index in [0.29, 0.717) is 12.6 Å². The van der Waals surface area contributed by atoms with E-state index in [1.165, 1.54) is 0 Å². The van der Waals surface area contributed by atoms with Crippen LogP contribution in [0.3, 0.4) is 0 Å². The van der Waals surface area contributed by atoms with E-state index in [9.17, 15) is 4.79 Å². The highest BCUT2D eigenvalue weighted by Gasteiger charge is 2.29. The molecule has 1 aliphatic rings. The van der Waals surface area contributed by atoms with Crippen LogP contribution in [-0.2, 0) is 4.79 Å². The molecule has 1 aromatic rings. The van der Waals surface area contributed by atoms with Crippen LogP contribution >= 0.6 is 23.7 Å². The number of piperidine rings is 1. The second kappa shape index (κ2) is 7.22. The molecule has 0 radical (unpaired) electrons. The van der Waals surface area contributed by atoms with E-state index >= 15 is 0 Å². The lowest BCUT2D eigenvalue weighted by Gasteiger charge is -2.30. The Balaban J connectivity index is 0.00000180. The summed E-state index contributed by atoms with van der Waals surface area (Å²) in [4.78, 5) is 18.8. The zero-order chi connectivity index (χ0) is 13.1. The number of hydrogen-bond acceptors (Lipinski definition) is 4. The number of rotatable bonds is 3. The number of anilines is 1. The van der Waals surface area contributed by atoms with Crippen molar-refractivity contribution in [3.05, 3.63) is 11.1 Å². The van der Waals surface area contributed by atoms with Crippen LogP contribution in [0.4, 0.5) is 5.13 Å². The Hall–Kier alpha value is -0.650.